The minimum atomic E-state index is 0.00219. The summed E-state index contributed by atoms with van der Waals surface area (Å²) < 4.78 is 5.41. The van der Waals surface area contributed by atoms with Crippen molar-refractivity contribution in [3.05, 3.63) is 44.9 Å². The van der Waals surface area contributed by atoms with E-state index in [0.29, 0.717) is 13.1 Å². The van der Waals surface area contributed by atoms with Gasteiger partial charge in [-0.15, -0.1) is 11.3 Å². The minimum Gasteiger partial charge on any atom is -0.496 e. The molecule has 0 atom stereocenters. The van der Waals surface area contributed by atoms with E-state index in [0.717, 1.165) is 35.8 Å². The van der Waals surface area contributed by atoms with Gasteiger partial charge in [-0.3, -0.25) is 0 Å². The summed E-state index contributed by atoms with van der Waals surface area (Å²) in [5, 5.41) is 4.11. The molecule has 5 nitrogen and oxygen atoms in total. The first kappa shape index (κ1) is 16.8. The number of nitrogens with one attached hydrogen (secondary N) is 1. The van der Waals surface area contributed by atoms with E-state index in [1.54, 1.807) is 18.4 Å². The Morgan fingerprint density at radius 3 is 2.96 bits per heavy atom. The number of methoxy groups -OCH3 is 1. The maximum absolute atomic E-state index is 12.4. The lowest BCUT2D eigenvalue weighted by molar-refractivity contribution is 0.192. The van der Waals surface area contributed by atoms with E-state index >= 15 is 0 Å². The number of hydrogen-bond donors (Lipinski definition) is 1. The van der Waals surface area contributed by atoms with E-state index < -0.39 is 0 Å². The van der Waals surface area contributed by atoms with Gasteiger partial charge >= 0.3 is 6.03 Å². The fourth-order valence-corrected chi connectivity index (χ4v) is 4.08. The third kappa shape index (κ3) is 3.53. The molecule has 0 saturated carbocycles. The lowest BCUT2D eigenvalue weighted by Crippen LogP contribution is -2.43. The zero-order valence-electron chi connectivity index (χ0n) is 14.4. The second-order valence-corrected chi connectivity index (χ2v) is 7.28. The number of aryl methyl sites for hydroxylation is 2. The summed E-state index contributed by atoms with van der Waals surface area (Å²) in [5.41, 5.74) is 3.47. The lowest BCUT2D eigenvalue weighted by Gasteiger charge is -2.29. The van der Waals surface area contributed by atoms with Crippen LogP contribution in [0.1, 0.15) is 26.7 Å². The summed E-state index contributed by atoms with van der Waals surface area (Å²) in [6.07, 6.45) is 1.67. The molecule has 0 unspecified atom stereocenters. The Morgan fingerprint density at radius 1 is 1.42 bits per heavy atom. The van der Waals surface area contributed by atoms with Crippen molar-refractivity contribution >= 4 is 17.4 Å². The van der Waals surface area contributed by atoms with Crippen molar-refractivity contribution in [1.82, 2.24) is 15.2 Å². The zero-order chi connectivity index (χ0) is 17.1. The average Bonchev–Trinajstić information content (AvgIpc) is 2.91. The number of aromatic nitrogens is 1. The molecule has 6 heteroatoms. The van der Waals surface area contributed by atoms with Gasteiger partial charge in [0.05, 0.1) is 17.8 Å². The number of amides is 2. The van der Waals surface area contributed by atoms with Crippen LogP contribution >= 0.6 is 11.3 Å². The van der Waals surface area contributed by atoms with Gasteiger partial charge in [0, 0.05) is 36.5 Å². The number of rotatable bonds is 4. The van der Waals surface area contributed by atoms with E-state index in [2.05, 4.69) is 16.4 Å². The van der Waals surface area contributed by atoms with Gasteiger partial charge in [-0.2, -0.15) is 0 Å². The number of urea groups is 1. The smallest absolute Gasteiger partial charge is 0.317 e. The molecule has 0 bridgehead atoms. The number of hydrogen-bond acceptors (Lipinski definition) is 4. The summed E-state index contributed by atoms with van der Waals surface area (Å²) in [7, 11) is 1.69. The zero-order valence-corrected chi connectivity index (χ0v) is 15.2. The maximum atomic E-state index is 12.4. The van der Waals surface area contributed by atoms with Crippen LogP contribution in [0.2, 0.25) is 0 Å². The number of benzene rings is 1. The predicted molar refractivity (Wildman–Crippen MR) is 95.8 cm³/mol. The summed E-state index contributed by atoms with van der Waals surface area (Å²) in [6, 6.07) is 6.03. The SMILES string of the molecule is COc1cccc2c1CCN(C(=O)NCCc1sc(C)nc1C)C2. The van der Waals surface area contributed by atoms with Crippen LogP contribution in [0, 0.1) is 13.8 Å². The summed E-state index contributed by atoms with van der Waals surface area (Å²) >= 11 is 1.71. The molecular weight excluding hydrogens is 322 g/mol. The highest BCUT2D eigenvalue weighted by Crippen LogP contribution is 2.27. The molecule has 0 spiro atoms. The van der Waals surface area contributed by atoms with Gasteiger partial charge in [0.2, 0.25) is 0 Å². The molecule has 128 valence electrons. The molecule has 0 aliphatic carbocycles. The monoisotopic (exact) mass is 345 g/mol. The highest BCUT2D eigenvalue weighted by atomic mass is 32.1. The molecule has 1 aromatic heterocycles. The number of nitrogens with zero attached hydrogens (tertiary/aromatic N) is 2. The van der Waals surface area contributed by atoms with Gasteiger partial charge in [-0.05, 0) is 31.9 Å². The van der Waals surface area contributed by atoms with Gasteiger partial charge in [0.1, 0.15) is 5.75 Å². The second kappa shape index (κ2) is 7.21. The van der Waals surface area contributed by atoms with Crippen molar-refractivity contribution in [2.45, 2.75) is 33.2 Å². The molecule has 2 heterocycles. The van der Waals surface area contributed by atoms with Gasteiger partial charge in [-0.25, -0.2) is 9.78 Å². The molecule has 0 fully saturated rings. The third-order valence-corrected chi connectivity index (χ3v) is 5.49. The van der Waals surface area contributed by atoms with Gasteiger partial charge in [-0.1, -0.05) is 12.1 Å². The molecule has 1 aromatic carbocycles. The Balaban J connectivity index is 1.55. The molecule has 1 aliphatic heterocycles. The van der Waals surface area contributed by atoms with Crippen LogP contribution in [0.5, 0.6) is 5.75 Å². The Labute approximate surface area is 146 Å². The van der Waals surface area contributed by atoms with Crippen molar-refractivity contribution in [2.24, 2.45) is 0 Å². The second-order valence-electron chi connectivity index (χ2n) is 5.99. The summed E-state index contributed by atoms with van der Waals surface area (Å²) in [5.74, 6) is 0.920. The maximum Gasteiger partial charge on any atom is 0.317 e. The predicted octanol–water partition coefficient (Wildman–Crippen LogP) is 3.08. The number of carbonyl (C=O) groups is 1. The van der Waals surface area contributed by atoms with Crippen molar-refractivity contribution in [3.8, 4) is 5.75 Å². The van der Waals surface area contributed by atoms with Crippen LogP contribution in [0.3, 0.4) is 0 Å². The molecule has 1 N–H and O–H groups in total. The molecule has 24 heavy (non-hydrogen) atoms. The Kier molecular flexibility index (Phi) is 5.04. The van der Waals surface area contributed by atoms with Gasteiger partial charge in [0.15, 0.2) is 0 Å². The topological polar surface area (TPSA) is 54.5 Å². The average molecular weight is 345 g/mol. The molecule has 1 aliphatic rings. The lowest BCUT2D eigenvalue weighted by atomic mass is 9.99. The Bertz CT molecular complexity index is 742. The van der Waals surface area contributed by atoms with Crippen LogP contribution in [0.25, 0.3) is 0 Å². The molecule has 3 rings (SSSR count). The third-order valence-electron chi connectivity index (χ3n) is 4.36. The molecule has 0 saturated heterocycles. The number of thiazole rings is 1. The number of carbonyl (C=O) groups excluding carboxylic acids is 1. The normalized spacial score (nSPS) is 13.5. The van der Waals surface area contributed by atoms with E-state index in [9.17, 15) is 4.79 Å². The van der Waals surface area contributed by atoms with E-state index in [-0.39, 0.29) is 6.03 Å². The largest absolute Gasteiger partial charge is 0.496 e. The number of ether oxygens (including phenoxy) is 1. The highest BCUT2D eigenvalue weighted by molar-refractivity contribution is 7.11. The first-order chi connectivity index (χ1) is 11.6. The van der Waals surface area contributed by atoms with Crippen LogP contribution < -0.4 is 10.1 Å². The van der Waals surface area contributed by atoms with Crippen LogP contribution in [-0.2, 0) is 19.4 Å². The quantitative estimate of drug-likeness (QED) is 0.926. The molecule has 0 radical (unpaired) electrons. The van der Waals surface area contributed by atoms with Gasteiger partial charge < -0.3 is 15.0 Å². The minimum absolute atomic E-state index is 0.00219. The van der Waals surface area contributed by atoms with Gasteiger partial charge in [0.25, 0.3) is 0 Å². The molecule has 2 amide bonds. The van der Waals surface area contributed by atoms with E-state index in [4.69, 9.17) is 4.74 Å². The fraction of sp³-hybridized carbons (Fsp3) is 0.444. The Morgan fingerprint density at radius 2 is 2.25 bits per heavy atom. The van der Waals surface area contributed by atoms with Crippen molar-refractivity contribution in [1.29, 1.82) is 0 Å². The van der Waals surface area contributed by atoms with E-state index in [1.807, 2.05) is 30.9 Å². The fourth-order valence-electron chi connectivity index (χ4n) is 3.14. The summed E-state index contributed by atoms with van der Waals surface area (Å²) in [4.78, 5) is 20.0. The van der Waals surface area contributed by atoms with E-state index in [1.165, 1.54) is 16.0 Å². The van der Waals surface area contributed by atoms with Crippen LogP contribution in [-0.4, -0.2) is 36.1 Å². The number of fused-ring (bicyclic) bond motifs is 1. The highest BCUT2D eigenvalue weighted by Gasteiger charge is 2.22. The standard InChI is InChI=1S/C18H23N3O2S/c1-12-17(24-13(2)20-12)7-9-19-18(22)21-10-8-15-14(11-21)5-4-6-16(15)23-3/h4-6H,7-11H2,1-3H3,(H,19,22). The van der Waals surface area contributed by atoms with Crippen LogP contribution in [0.15, 0.2) is 18.2 Å². The van der Waals surface area contributed by atoms with Crippen molar-refractivity contribution < 1.29 is 9.53 Å². The van der Waals surface area contributed by atoms with Crippen molar-refractivity contribution in [3.63, 3.8) is 0 Å². The molecular formula is C18H23N3O2S. The Hall–Kier alpha value is -2.08. The molecule has 2 aromatic rings. The summed E-state index contributed by atoms with van der Waals surface area (Å²) in [6.45, 7) is 6.03. The first-order valence-electron chi connectivity index (χ1n) is 8.19. The van der Waals surface area contributed by atoms with Crippen LogP contribution in [0.4, 0.5) is 4.79 Å². The first-order valence-corrected chi connectivity index (χ1v) is 9.00. The van der Waals surface area contributed by atoms with Crippen molar-refractivity contribution in [2.75, 3.05) is 20.2 Å².